The number of methoxy groups -OCH3 is 1. The number of hydrogen-bond acceptors (Lipinski definition) is 6. The first kappa shape index (κ1) is 19.3. The molecule has 1 N–H and O–H groups in total. The Labute approximate surface area is 162 Å². The molecule has 28 heavy (non-hydrogen) atoms. The van der Waals surface area contributed by atoms with Gasteiger partial charge in [-0.3, -0.25) is 14.9 Å². The van der Waals surface area contributed by atoms with Crippen molar-refractivity contribution in [2.24, 2.45) is 0 Å². The van der Waals surface area contributed by atoms with Crippen LogP contribution in [0.3, 0.4) is 0 Å². The average molecular weight is 383 g/mol. The van der Waals surface area contributed by atoms with E-state index >= 15 is 0 Å². The van der Waals surface area contributed by atoms with E-state index in [1.807, 2.05) is 0 Å². The number of nitrogens with zero attached hydrogens (tertiary/aromatic N) is 2. The molecule has 0 saturated carbocycles. The molecule has 1 aliphatic heterocycles. The average Bonchev–Trinajstić information content (AvgIpc) is 3.21. The Morgan fingerprint density at radius 2 is 1.89 bits per heavy atom. The van der Waals surface area contributed by atoms with Crippen molar-refractivity contribution in [2.75, 3.05) is 30.4 Å². The molecular formula is C20H21N3O5. The summed E-state index contributed by atoms with van der Waals surface area (Å²) in [6, 6.07) is 9.40. The van der Waals surface area contributed by atoms with E-state index < -0.39 is 16.8 Å². The Balaban J connectivity index is 1.98. The first-order valence-electron chi connectivity index (χ1n) is 8.95. The molecule has 146 valence electrons. The molecule has 2 aromatic carbocycles. The lowest BCUT2D eigenvalue weighted by molar-refractivity contribution is -0.385. The number of benzene rings is 2. The Hall–Kier alpha value is -3.42. The van der Waals surface area contributed by atoms with Crippen molar-refractivity contribution in [2.45, 2.75) is 19.8 Å². The summed E-state index contributed by atoms with van der Waals surface area (Å²) in [5.41, 5.74) is 1.98. The third-order valence-corrected chi connectivity index (χ3v) is 4.86. The maximum Gasteiger partial charge on any atom is 0.337 e. The van der Waals surface area contributed by atoms with E-state index in [-0.39, 0.29) is 16.8 Å². The molecule has 8 nitrogen and oxygen atoms in total. The fourth-order valence-electron chi connectivity index (χ4n) is 3.37. The quantitative estimate of drug-likeness (QED) is 0.481. The monoisotopic (exact) mass is 383 g/mol. The van der Waals surface area contributed by atoms with Gasteiger partial charge in [0.25, 0.3) is 11.6 Å². The molecule has 0 unspecified atom stereocenters. The van der Waals surface area contributed by atoms with Crippen LogP contribution in [0.2, 0.25) is 0 Å². The van der Waals surface area contributed by atoms with Crippen LogP contribution in [0.5, 0.6) is 0 Å². The molecule has 8 heteroatoms. The van der Waals surface area contributed by atoms with Crippen LogP contribution >= 0.6 is 0 Å². The number of carbonyl (C=O) groups excluding carboxylic acids is 2. The molecule has 1 aliphatic rings. The molecule has 1 amide bonds. The number of esters is 1. The Bertz CT molecular complexity index is 935. The van der Waals surface area contributed by atoms with Crippen LogP contribution < -0.4 is 10.2 Å². The van der Waals surface area contributed by atoms with Crippen LogP contribution in [-0.4, -0.2) is 37.0 Å². The minimum Gasteiger partial charge on any atom is -0.465 e. The third kappa shape index (κ3) is 3.80. The van der Waals surface area contributed by atoms with Crippen LogP contribution in [0.15, 0.2) is 36.4 Å². The van der Waals surface area contributed by atoms with Crippen LogP contribution in [0, 0.1) is 17.0 Å². The number of carbonyl (C=O) groups is 2. The summed E-state index contributed by atoms with van der Waals surface area (Å²) in [5.74, 6) is -0.973. The second-order valence-corrected chi connectivity index (χ2v) is 6.58. The van der Waals surface area contributed by atoms with Crippen molar-refractivity contribution in [3.05, 3.63) is 63.2 Å². The van der Waals surface area contributed by atoms with Gasteiger partial charge >= 0.3 is 5.97 Å². The highest BCUT2D eigenvalue weighted by Crippen LogP contribution is 2.31. The second kappa shape index (κ2) is 8.08. The molecule has 3 rings (SSSR count). The van der Waals surface area contributed by atoms with E-state index in [0.29, 0.717) is 11.3 Å². The van der Waals surface area contributed by atoms with Gasteiger partial charge in [0.05, 0.1) is 29.0 Å². The number of anilines is 2. The molecule has 0 spiro atoms. The maximum absolute atomic E-state index is 12.9. The summed E-state index contributed by atoms with van der Waals surface area (Å²) >= 11 is 0. The lowest BCUT2D eigenvalue weighted by atomic mass is 10.1. The van der Waals surface area contributed by atoms with Crippen molar-refractivity contribution in [3.8, 4) is 0 Å². The topological polar surface area (TPSA) is 102 Å². The second-order valence-electron chi connectivity index (χ2n) is 6.58. The van der Waals surface area contributed by atoms with E-state index in [1.165, 1.54) is 25.3 Å². The summed E-state index contributed by atoms with van der Waals surface area (Å²) in [4.78, 5) is 37.5. The maximum atomic E-state index is 12.9. The van der Waals surface area contributed by atoms with Gasteiger partial charge in [0.15, 0.2) is 0 Å². The number of nitro benzene ring substituents is 1. The first-order chi connectivity index (χ1) is 13.4. The van der Waals surface area contributed by atoms with E-state index in [2.05, 4.69) is 10.2 Å². The molecular weight excluding hydrogens is 362 g/mol. The fourth-order valence-corrected chi connectivity index (χ4v) is 3.37. The Morgan fingerprint density at radius 1 is 1.18 bits per heavy atom. The molecule has 0 aromatic heterocycles. The first-order valence-corrected chi connectivity index (χ1v) is 8.95. The van der Waals surface area contributed by atoms with Crippen LogP contribution in [0.25, 0.3) is 0 Å². The predicted octanol–water partition coefficient (Wildman–Crippen LogP) is 3.54. The lowest BCUT2D eigenvalue weighted by Crippen LogP contribution is -2.22. The summed E-state index contributed by atoms with van der Waals surface area (Å²) in [5, 5.41) is 14.0. The fraction of sp³-hybridized carbons (Fsp3) is 0.300. The molecule has 2 aromatic rings. The smallest absolute Gasteiger partial charge is 0.337 e. The largest absolute Gasteiger partial charge is 0.465 e. The van der Waals surface area contributed by atoms with E-state index in [4.69, 9.17) is 4.74 Å². The normalized spacial score (nSPS) is 13.3. The number of amides is 1. The Kier molecular flexibility index (Phi) is 5.58. The molecule has 1 fully saturated rings. The summed E-state index contributed by atoms with van der Waals surface area (Å²) in [7, 11) is 1.29. The van der Waals surface area contributed by atoms with Crippen LogP contribution in [0.4, 0.5) is 17.1 Å². The van der Waals surface area contributed by atoms with Gasteiger partial charge in [-0.05, 0) is 44.0 Å². The number of nitro groups is 1. The number of ether oxygens (including phenoxy) is 1. The zero-order chi connectivity index (χ0) is 20.3. The third-order valence-electron chi connectivity index (χ3n) is 4.86. The van der Waals surface area contributed by atoms with Gasteiger partial charge in [0.2, 0.25) is 0 Å². The SMILES string of the molecule is COC(=O)c1ccc(N2CCCC2)c(NC(=O)c2cccc([N+](=O)[O-])c2C)c1. The molecule has 1 heterocycles. The molecule has 1 saturated heterocycles. The predicted molar refractivity (Wildman–Crippen MR) is 105 cm³/mol. The Morgan fingerprint density at radius 3 is 2.54 bits per heavy atom. The van der Waals surface area contributed by atoms with Gasteiger partial charge in [0, 0.05) is 30.3 Å². The number of nitrogens with one attached hydrogen (secondary N) is 1. The van der Waals surface area contributed by atoms with Crippen molar-refractivity contribution in [1.29, 1.82) is 0 Å². The van der Waals surface area contributed by atoms with E-state index in [1.54, 1.807) is 25.1 Å². The van der Waals surface area contributed by atoms with E-state index in [9.17, 15) is 19.7 Å². The molecule has 0 atom stereocenters. The van der Waals surface area contributed by atoms with Gasteiger partial charge in [-0.25, -0.2) is 4.79 Å². The summed E-state index contributed by atoms with van der Waals surface area (Å²) in [6.07, 6.45) is 2.10. The van der Waals surface area contributed by atoms with Gasteiger partial charge in [-0.15, -0.1) is 0 Å². The highest BCUT2D eigenvalue weighted by molar-refractivity contribution is 6.08. The minimum atomic E-state index is -0.514. The van der Waals surface area contributed by atoms with Crippen molar-refractivity contribution < 1.29 is 19.2 Å². The van der Waals surface area contributed by atoms with Crippen LogP contribution in [-0.2, 0) is 4.74 Å². The highest BCUT2D eigenvalue weighted by atomic mass is 16.6. The van der Waals surface area contributed by atoms with Gasteiger partial charge in [0.1, 0.15) is 0 Å². The van der Waals surface area contributed by atoms with Crippen LogP contribution in [0.1, 0.15) is 39.1 Å². The summed E-state index contributed by atoms with van der Waals surface area (Å²) in [6.45, 7) is 3.26. The van der Waals surface area contributed by atoms with Crippen molar-refractivity contribution >= 4 is 28.9 Å². The van der Waals surface area contributed by atoms with Crippen molar-refractivity contribution in [3.63, 3.8) is 0 Å². The molecule has 0 bridgehead atoms. The highest BCUT2D eigenvalue weighted by Gasteiger charge is 2.22. The summed E-state index contributed by atoms with van der Waals surface area (Å²) < 4.78 is 4.77. The molecule has 0 aliphatic carbocycles. The standard InChI is InChI=1S/C20H21N3O5/c1-13-15(6-5-7-17(13)23(26)27)19(24)21-16-12-14(20(25)28-2)8-9-18(16)22-10-3-4-11-22/h5-9,12H,3-4,10-11H2,1-2H3,(H,21,24). The zero-order valence-corrected chi connectivity index (χ0v) is 15.7. The molecule has 0 radical (unpaired) electrons. The van der Waals surface area contributed by atoms with Gasteiger partial charge < -0.3 is 15.0 Å². The van der Waals surface area contributed by atoms with E-state index in [0.717, 1.165) is 31.6 Å². The van der Waals surface area contributed by atoms with Crippen molar-refractivity contribution in [1.82, 2.24) is 0 Å². The number of hydrogen-bond donors (Lipinski definition) is 1. The minimum absolute atomic E-state index is 0.115. The lowest BCUT2D eigenvalue weighted by Gasteiger charge is -2.22. The van der Waals surface area contributed by atoms with Gasteiger partial charge in [-0.2, -0.15) is 0 Å². The zero-order valence-electron chi connectivity index (χ0n) is 15.7. The number of rotatable bonds is 5. The van der Waals surface area contributed by atoms with Gasteiger partial charge in [-0.1, -0.05) is 6.07 Å².